The Bertz CT molecular complexity index is 1230. The Hall–Kier alpha value is -3.39. The molecule has 35 heavy (non-hydrogen) atoms. The molecule has 2 aromatic carbocycles. The first-order valence-electron chi connectivity index (χ1n) is 11.3. The Morgan fingerprint density at radius 1 is 1.11 bits per heavy atom. The number of halogens is 3. The van der Waals surface area contributed by atoms with Crippen molar-refractivity contribution in [2.24, 2.45) is 0 Å². The molecule has 0 fully saturated rings. The third-order valence-electron chi connectivity index (χ3n) is 5.68. The Labute approximate surface area is 201 Å². The summed E-state index contributed by atoms with van der Waals surface area (Å²) in [5, 5.41) is 10.1. The van der Waals surface area contributed by atoms with Crippen LogP contribution < -0.4 is 4.74 Å². The average Bonchev–Trinajstić information content (AvgIpc) is 2.80. The van der Waals surface area contributed by atoms with Gasteiger partial charge in [0.15, 0.2) is 6.10 Å². The molecule has 0 bridgehead atoms. The van der Waals surface area contributed by atoms with Gasteiger partial charge < -0.3 is 14.6 Å². The van der Waals surface area contributed by atoms with Crippen molar-refractivity contribution in [1.29, 1.82) is 0 Å². The highest BCUT2D eigenvalue weighted by molar-refractivity contribution is 5.90. The predicted octanol–water partition coefficient (Wildman–Crippen LogP) is 6.70. The third-order valence-corrected chi connectivity index (χ3v) is 5.68. The number of rotatable bonds is 5. The molecule has 0 aliphatic carbocycles. The zero-order chi connectivity index (χ0) is 25.4. The van der Waals surface area contributed by atoms with E-state index in [-0.39, 0.29) is 5.56 Å². The van der Waals surface area contributed by atoms with Gasteiger partial charge in [0.2, 0.25) is 0 Å². The zero-order valence-electron chi connectivity index (χ0n) is 19.6. The number of carbonyl (C=O) groups is 1. The summed E-state index contributed by atoms with van der Waals surface area (Å²) >= 11 is 0. The van der Waals surface area contributed by atoms with Crippen LogP contribution in [0.5, 0.6) is 5.75 Å². The molecule has 1 aliphatic heterocycles. The van der Waals surface area contributed by atoms with Crippen LogP contribution in [0.1, 0.15) is 50.0 Å². The van der Waals surface area contributed by atoms with Crippen LogP contribution in [0, 0.1) is 0 Å². The lowest BCUT2D eigenvalue weighted by Crippen LogP contribution is -2.29. The van der Waals surface area contributed by atoms with Gasteiger partial charge in [0, 0.05) is 23.5 Å². The van der Waals surface area contributed by atoms with E-state index >= 15 is 0 Å². The van der Waals surface area contributed by atoms with Crippen molar-refractivity contribution >= 4 is 5.97 Å². The van der Waals surface area contributed by atoms with Crippen molar-refractivity contribution in [3.05, 3.63) is 71.5 Å². The van der Waals surface area contributed by atoms with Crippen LogP contribution in [-0.2, 0) is 22.1 Å². The van der Waals surface area contributed by atoms with E-state index in [1.165, 1.54) is 12.3 Å². The number of nitrogens with zero attached hydrogens (tertiary/aromatic N) is 1. The number of fused-ring (bicyclic) bond motifs is 1. The maximum absolute atomic E-state index is 14.3. The van der Waals surface area contributed by atoms with E-state index in [0.717, 1.165) is 18.1 Å². The van der Waals surface area contributed by atoms with Crippen LogP contribution in [0.3, 0.4) is 0 Å². The van der Waals surface area contributed by atoms with Gasteiger partial charge in [-0.1, -0.05) is 18.2 Å². The molecular weight excluding hydrogens is 459 g/mol. The number of benzene rings is 2. The fourth-order valence-corrected chi connectivity index (χ4v) is 4.31. The van der Waals surface area contributed by atoms with Crippen molar-refractivity contribution in [2.75, 3.05) is 6.61 Å². The number of pyridine rings is 1. The third kappa shape index (κ3) is 5.32. The highest BCUT2D eigenvalue weighted by Gasteiger charge is 2.41. The average molecular weight is 486 g/mol. The lowest BCUT2D eigenvalue weighted by Gasteiger charge is -2.30. The molecule has 5 nitrogen and oxygen atoms in total. The molecule has 0 amide bonds. The summed E-state index contributed by atoms with van der Waals surface area (Å²) in [6, 6.07) is 10.9. The maximum Gasteiger partial charge on any atom is 0.416 e. The summed E-state index contributed by atoms with van der Waals surface area (Å²) < 4.78 is 54.4. The fourth-order valence-electron chi connectivity index (χ4n) is 4.31. The first kappa shape index (κ1) is 24.7. The second kappa shape index (κ2) is 9.34. The van der Waals surface area contributed by atoms with Gasteiger partial charge in [-0.05, 0) is 80.1 Å². The van der Waals surface area contributed by atoms with Crippen LogP contribution >= 0.6 is 0 Å². The first-order valence-corrected chi connectivity index (χ1v) is 11.3. The fraction of sp³-hybridized carbons (Fsp3) is 0.333. The molecule has 0 radical (unpaired) electrons. The van der Waals surface area contributed by atoms with Crippen molar-refractivity contribution in [3.63, 3.8) is 0 Å². The van der Waals surface area contributed by atoms with Gasteiger partial charge >= 0.3 is 12.1 Å². The molecule has 3 aromatic rings. The van der Waals surface area contributed by atoms with Gasteiger partial charge in [-0.2, -0.15) is 13.2 Å². The quantitative estimate of drug-likeness (QED) is 0.436. The van der Waals surface area contributed by atoms with Gasteiger partial charge in [-0.15, -0.1) is 0 Å². The Kier molecular flexibility index (Phi) is 6.60. The smallest absolute Gasteiger partial charge is 0.416 e. The van der Waals surface area contributed by atoms with Crippen molar-refractivity contribution < 1.29 is 32.5 Å². The summed E-state index contributed by atoms with van der Waals surface area (Å²) in [7, 11) is 0. The van der Waals surface area contributed by atoms with Crippen molar-refractivity contribution in [1.82, 2.24) is 4.98 Å². The Balaban J connectivity index is 2.10. The minimum atomic E-state index is -4.80. The molecule has 1 atom stereocenters. The first-order chi connectivity index (χ1) is 16.5. The standard InChI is InChI=1S/C27H26F3NO4/c1-26(2,3)35-24(25(32)33)23-20(27(28,29)30)10-9-19(18-6-4-12-31-15-18)22(23)17-8-11-21-16(14-17)7-5-13-34-21/h4,6,8-12,14-15,24H,5,7,13H2,1-3H3,(H,32,33). The normalized spacial score (nSPS) is 14.7. The number of aryl methyl sites for hydroxylation is 1. The van der Waals surface area contributed by atoms with Crippen LogP contribution in [0.15, 0.2) is 54.9 Å². The van der Waals surface area contributed by atoms with Gasteiger partial charge in [0.25, 0.3) is 0 Å². The molecule has 1 unspecified atom stereocenters. The highest BCUT2D eigenvalue weighted by Crippen LogP contribution is 2.47. The molecule has 1 N–H and O–H groups in total. The lowest BCUT2D eigenvalue weighted by atomic mass is 9.84. The monoisotopic (exact) mass is 485 g/mol. The maximum atomic E-state index is 14.3. The van der Waals surface area contributed by atoms with E-state index in [0.29, 0.717) is 35.5 Å². The molecule has 1 aliphatic rings. The van der Waals surface area contributed by atoms with E-state index in [1.807, 2.05) is 0 Å². The number of ether oxygens (including phenoxy) is 2. The molecule has 0 saturated carbocycles. The summed E-state index contributed by atoms with van der Waals surface area (Å²) in [4.78, 5) is 16.5. The summed E-state index contributed by atoms with van der Waals surface area (Å²) in [5.74, 6) is -0.825. The van der Waals surface area contributed by atoms with Crippen molar-refractivity contribution in [3.8, 4) is 28.0 Å². The molecule has 0 saturated heterocycles. The van der Waals surface area contributed by atoms with Crippen LogP contribution in [0.4, 0.5) is 13.2 Å². The number of carboxylic acids is 1. The molecule has 0 spiro atoms. The van der Waals surface area contributed by atoms with Crippen LogP contribution in [0.2, 0.25) is 0 Å². The van der Waals surface area contributed by atoms with E-state index in [4.69, 9.17) is 9.47 Å². The SMILES string of the molecule is CC(C)(C)OC(C(=O)O)c1c(C(F)(F)F)ccc(-c2cccnc2)c1-c1ccc2c(c1)CCCO2. The van der Waals surface area contributed by atoms with Gasteiger partial charge in [-0.25, -0.2) is 4.79 Å². The number of hydrogen-bond donors (Lipinski definition) is 1. The van der Waals surface area contributed by atoms with Crippen LogP contribution in [0.25, 0.3) is 22.3 Å². The molecule has 184 valence electrons. The van der Waals surface area contributed by atoms with E-state index in [1.54, 1.807) is 57.3 Å². The lowest BCUT2D eigenvalue weighted by molar-refractivity contribution is -0.163. The van der Waals surface area contributed by atoms with Gasteiger partial charge in [0.05, 0.1) is 17.8 Å². The number of hydrogen-bond acceptors (Lipinski definition) is 4. The number of alkyl halides is 3. The van der Waals surface area contributed by atoms with E-state index in [9.17, 15) is 23.1 Å². The Morgan fingerprint density at radius 2 is 1.89 bits per heavy atom. The topological polar surface area (TPSA) is 68.7 Å². The van der Waals surface area contributed by atoms with Gasteiger partial charge in [0.1, 0.15) is 5.75 Å². The molecular formula is C27H26F3NO4. The predicted molar refractivity (Wildman–Crippen MR) is 125 cm³/mol. The highest BCUT2D eigenvalue weighted by atomic mass is 19.4. The zero-order valence-corrected chi connectivity index (χ0v) is 19.6. The summed E-state index contributed by atoms with van der Waals surface area (Å²) in [6.07, 6.45) is -2.06. The summed E-state index contributed by atoms with van der Waals surface area (Å²) in [5.41, 5.74) is -0.0396. The van der Waals surface area contributed by atoms with Gasteiger partial charge in [-0.3, -0.25) is 4.98 Å². The summed E-state index contributed by atoms with van der Waals surface area (Å²) in [6.45, 7) is 5.40. The minimum absolute atomic E-state index is 0.151. The Morgan fingerprint density at radius 3 is 2.51 bits per heavy atom. The molecule has 2 heterocycles. The second-order valence-corrected chi connectivity index (χ2v) is 9.41. The van der Waals surface area contributed by atoms with Crippen molar-refractivity contribution in [2.45, 2.75) is 51.5 Å². The minimum Gasteiger partial charge on any atom is -0.493 e. The number of carboxylic acid groups (broad SMARTS) is 1. The van der Waals surface area contributed by atoms with Crippen LogP contribution in [-0.4, -0.2) is 28.3 Å². The largest absolute Gasteiger partial charge is 0.493 e. The van der Waals surface area contributed by atoms with E-state index < -0.39 is 35.0 Å². The molecule has 1 aromatic heterocycles. The number of aromatic nitrogens is 1. The number of aliphatic carboxylic acids is 1. The second-order valence-electron chi connectivity index (χ2n) is 9.41. The molecule has 8 heteroatoms. The molecule has 4 rings (SSSR count). The van der Waals surface area contributed by atoms with E-state index in [2.05, 4.69) is 4.98 Å².